The van der Waals surface area contributed by atoms with Gasteiger partial charge in [0.25, 0.3) is 0 Å². The van der Waals surface area contributed by atoms with Crippen molar-refractivity contribution in [2.75, 3.05) is 0 Å². The largest absolute Gasteiger partial charge is 0.145 e. The van der Waals surface area contributed by atoms with Gasteiger partial charge in [-0.1, -0.05) is 13.8 Å². The average Bonchev–Trinajstić information content (AvgIpc) is 2.46. The minimum Gasteiger partial charge on any atom is -0.145 e. The second kappa shape index (κ2) is 2.03. The van der Waals surface area contributed by atoms with Gasteiger partial charge in [0.2, 0.25) is 0 Å². The molecule has 0 N–H and O–H groups in total. The second-order valence-electron chi connectivity index (χ2n) is 5.22. The number of aryl methyl sites for hydroxylation is 2. The molecule has 0 nitrogen and oxygen atoms in total. The van der Waals surface area contributed by atoms with E-state index in [2.05, 4.69) is 27.7 Å². The summed E-state index contributed by atoms with van der Waals surface area (Å²) in [4.78, 5) is 3.17. The van der Waals surface area contributed by atoms with Crippen molar-refractivity contribution in [3.63, 3.8) is 0 Å². The molecule has 1 heteroatoms. The molecule has 1 aromatic heterocycles. The molecule has 70 valence electrons. The topological polar surface area (TPSA) is 0 Å². The zero-order valence-corrected chi connectivity index (χ0v) is 9.59. The van der Waals surface area contributed by atoms with Crippen LogP contribution < -0.4 is 0 Å². The Morgan fingerprint density at radius 3 is 2.62 bits per heavy atom. The third-order valence-electron chi connectivity index (χ3n) is 4.22. The Kier molecular flexibility index (Phi) is 1.26. The third-order valence-corrected chi connectivity index (χ3v) is 5.30. The fraction of sp³-hybridized carbons (Fsp3) is 0.667. The summed E-state index contributed by atoms with van der Waals surface area (Å²) in [5, 5.41) is 0. The van der Waals surface area contributed by atoms with Crippen molar-refractivity contribution in [1.82, 2.24) is 0 Å². The van der Waals surface area contributed by atoms with Crippen LogP contribution in [0.3, 0.4) is 0 Å². The Hall–Kier alpha value is -0.300. The summed E-state index contributed by atoms with van der Waals surface area (Å²) in [6.45, 7) is 9.44. The Morgan fingerprint density at radius 1 is 1.23 bits per heavy atom. The van der Waals surface area contributed by atoms with Crippen LogP contribution in [0.2, 0.25) is 0 Å². The molecule has 2 unspecified atom stereocenters. The highest BCUT2D eigenvalue weighted by atomic mass is 32.1. The van der Waals surface area contributed by atoms with E-state index in [9.17, 15) is 0 Å². The zero-order chi connectivity index (χ0) is 9.38. The summed E-state index contributed by atoms with van der Waals surface area (Å²) in [6, 6.07) is 0. The third kappa shape index (κ3) is 0.775. The fourth-order valence-electron chi connectivity index (χ4n) is 3.33. The van der Waals surface area contributed by atoms with Crippen LogP contribution in [0.25, 0.3) is 0 Å². The number of rotatable bonds is 0. The summed E-state index contributed by atoms with van der Waals surface area (Å²) in [7, 11) is 0. The Morgan fingerprint density at radius 2 is 1.92 bits per heavy atom. The van der Waals surface area contributed by atoms with Crippen LogP contribution in [0.1, 0.15) is 40.6 Å². The number of thiophene rings is 1. The van der Waals surface area contributed by atoms with Gasteiger partial charge < -0.3 is 0 Å². The van der Waals surface area contributed by atoms with Gasteiger partial charge in [-0.15, -0.1) is 11.3 Å². The van der Waals surface area contributed by atoms with Gasteiger partial charge in [0.1, 0.15) is 0 Å². The van der Waals surface area contributed by atoms with E-state index in [1.807, 2.05) is 11.3 Å². The molecule has 3 rings (SSSR count). The zero-order valence-electron chi connectivity index (χ0n) is 8.77. The highest BCUT2D eigenvalue weighted by Gasteiger charge is 2.62. The van der Waals surface area contributed by atoms with Crippen LogP contribution in [0.5, 0.6) is 0 Å². The smallest absolute Gasteiger partial charge is 0.00550 e. The van der Waals surface area contributed by atoms with E-state index in [0.29, 0.717) is 5.41 Å². The van der Waals surface area contributed by atoms with E-state index in [0.717, 1.165) is 11.8 Å². The normalized spacial score (nSPS) is 32.9. The molecule has 0 radical (unpaired) electrons. The van der Waals surface area contributed by atoms with Crippen molar-refractivity contribution in [2.24, 2.45) is 11.3 Å². The van der Waals surface area contributed by atoms with Gasteiger partial charge in [0.05, 0.1) is 0 Å². The van der Waals surface area contributed by atoms with Crippen LogP contribution >= 0.6 is 11.3 Å². The first-order chi connectivity index (χ1) is 6.03. The summed E-state index contributed by atoms with van der Waals surface area (Å²) >= 11 is 2.00. The molecule has 2 aliphatic carbocycles. The molecule has 1 saturated carbocycles. The minimum absolute atomic E-state index is 0.616. The summed E-state index contributed by atoms with van der Waals surface area (Å²) in [5.74, 6) is 1.88. The molecule has 13 heavy (non-hydrogen) atoms. The first-order valence-corrected chi connectivity index (χ1v) is 5.94. The molecule has 0 aromatic carbocycles. The molecule has 1 fully saturated rings. The van der Waals surface area contributed by atoms with E-state index >= 15 is 0 Å². The average molecular weight is 192 g/mol. The van der Waals surface area contributed by atoms with Crippen LogP contribution in [-0.4, -0.2) is 0 Å². The maximum atomic E-state index is 2.43. The lowest BCUT2D eigenvalue weighted by Gasteiger charge is -2.08. The first-order valence-electron chi connectivity index (χ1n) is 5.12. The molecule has 0 bridgehead atoms. The lowest BCUT2D eigenvalue weighted by atomic mass is 9.95. The van der Waals surface area contributed by atoms with Crippen molar-refractivity contribution in [2.45, 2.75) is 40.0 Å². The second-order valence-corrected chi connectivity index (χ2v) is 6.65. The maximum absolute atomic E-state index is 2.43. The Balaban J connectivity index is 2.16. The molecule has 1 aromatic rings. The summed E-state index contributed by atoms with van der Waals surface area (Å²) in [5.41, 5.74) is 4.06. The predicted octanol–water partition coefficient (Wildman–Crippen LogP) is 3.66. The highest BCUT2D eigenvalue weighted by Crippen LogP contribution is 2.71. The van der Waals surface area contributed by atoms with Gasteiger partial charge in [0.15, 0.2) is 0 Å². The van der Waals surface area contributed by atoms with Crippen LogP contribution in [0, 0.1) is 25.2 Å². The van der Waals surface area contributed by atoms with E-state index < -0.39 is 0 Å². The summed E-state index contributed by atoms with van der Waals surface area (Å²) < 4.78 is 0. The monoisotopic (exact) mass is 192 g/mol. The lowest BCUT2D eigenvalue weighted by molar-refractivity contribution is 0.540. The minimum atomic E-state index is 0.616. The summed E-state index contributed by atoms with van der Waals surface area (Å²) in [6.07, 6.45) is 1.36. The van der Waals surface area contributed by atoms with E-state index in [-0.39, 0.29) is 0 Å². The Labute approximate surface area is 84.0 Å². The van der Waals surface area contributed by atoms with Gasteiger partial charge in [-0.25, -0.2) is 0 Å². The van der Waals surface area contributed by atoms with Gasteiger partial charge in [-0.2, -0.15) is 0 Å². The molecule has 0 aliphatic heterocycles. The highest BCUT2D eigenvalue weighted by molar-refractivity contribution is 7.12. The quantitative estimate of drug-likeness (QED) is 0.588. The first kappa shape index (κ1) is 8.05. The van der Waals surface area contributed by atoms with Crippen molar-refractivity contribution >= 4 is 11.3 Å². The van der Waals surface area contributed by atoms with E-state index in [1.54, 1.807) is 20.9 Å². The van der Waals surface area contributed by atoms with Crippen molar-refractivity contribution in [3.05, 3.63) is 20.9 Å². The standard InChI is InChI=1S/C12H16S/c1-6-8-5-9-11(12(9,3)4)10(8)7(2)13-6/h9,11H,5H2,1-4H3. The predicted molar refractivity (Wildman–Crippen MR) is 57.5 cm³/mol. The number of hydrogen-bond acceptors (Lipinski definition) is 1. The fourth-order valence-corrected chi connectivity index (χ4v) is 4.46. The molecule has 2 aliphatic rings. The molecule has 0 amide bonds. The SMILES string of the molecule is Cc1sc(C)c2c1CC1C2C1(C)C. The van der Waals surface area contributed by atoms with Gasteiger partial charge in [0, 0.05) is 9.75 Å². The van der Waals surface area contributed by atoms with Crippen LogP contribution in [0.4, 0.5) is 0 Å². The number of hydrogen-bond donors (Lipinski definition) is 0. The lowest BCUT2D eigenvalue weighted by Crippen LogP contribution is -1.99. The molecule has 0 saturated heterocycles. The van der Waals surface area contributed by atoms with E-state index in [4.69, 9.17) is 0 Å². The Bertz CT molecular complexity index is 384. The van der Waals surface area contributed by atoms with E-state index in [1.165, 1.54) is 6.42 Å². The van der Waals surface area contributed by atoms with Crippen LogP contribution in [-0.2, 0) is 6.42 Å². The van der Waals surface area contributed by atoms with Crippen LogP contribution in [0.15, 0.2) is 0 Å². The molecule has 2 atom stereocenters. The van der Waals surface area contributed by atoms with Crippen molar-refractivity contribution in [3.8, 4) is 0 Å². The van der Waals surface area contributed by atoms with Gasteiger partial charge >= 0.3 is 0 Å². The van der Waals surface area contributed by atoms with Gasteiger partial charge in [-0.05, 0) is 48.6 Å². The van der Waals surface area contributed by atoms with Crippen molar-refractivity contribution in [1.29, 1.82) is 0 Å². The van der Waals surface area contributed by atoms with Crippen molar-refractivity contribution < 1.29 is 0 Å². The number of fused-ring (bicyclic) bond motifs is 3. The van der Waals surface area contributed by atoms with Gasteiger partial charge in [-0.3, -0.25) is 0 Å². The molecular weight excluding hydrogens is 176 g/mol. The molecule has 1 heterocycles. The maximum Gasteiger partial charge on any atom is 0.00550 e. The molecular formula is C12H16S. The molecule has 0 spiro atoms.